The summed E-state index contributed by atoms with van der Waals surface area (Å²) < 4.78 is 14.5. The van der Waals surface area contributed by atoms with Crippen molar-refractivity contribution < 1.29 is 9.47 Å². The first-order valence-corrected chi connectivity index (χ1v) is 19.2. The largest absolute Gasteiger partial charge is 0.439 e. The summed E-state index contributed by atoms with van der Waals surface area (Å²) in [5, 5.41) is 2.14. The molecule has 0 N–H and O–H groups in total. The van der Waals surface area contributed by atoms with Crippen LogP contribution in [-0.4, -0.2) is 24.5 Å². The van der Waals surface area contributed by atoms with E-state index in [1.807, 2.05) is 115 Å². The van der Waals surface area contributed by atoms with E-state index in [1.165, 1.54) is 0 Å². The highest BCUT2D eigenvalue weighted by atomic mass is 16.5. The molecule has 0 aliphatic heterocycles. The topological polar surface area (TPSA) is 81.4 Å². The van der Waals surface area contributed by atoms with Gasteiger partial charge in [0.2, 0.25) is 17.7 Å². The second-order valence-electron chi connectivity index (χ2n) is 13.7. The quantitative estimate of drug-likeness (QED) is 0.129. The predicted octanol–water partition coefficient (Wildman–Crippen LogP) is 12.9. The van der Waals surface area contributed by atoms with Crippen LogP contribution in [0, 0.1) is 0 Å². The van der Waals surface area contributed by atoms with Gasteiger partial charge in [0.15, 0.2) is 0 Å². The number of benzene rings is 6. The number of rotatable bonds is 11. The molecule has 9 nitrogen and oxygen atoms in total. The highest BCUT2D eigenvalue weighted by molar-refractivity contribution is 6.11. The van der Waals surface area contributed by atoms with Gasteiger partial charge in [0.25, 0.3) is 0 Å². The molecule has 59 heavy (non-hydrogen) atoms. The molecular weight excluding hydrogens is 731 g/mol. The van der Waals surface area contributed by atoms with Gasteiger partial charge in [-0.1, -0.05) is 72.8 Å². The van der Waals surface area contributed by atoms with Crippen LogP contribution in [0.15, 0.2) is 213 Å². The first kappa shape index (κ1) is 35.1. The first-order valence-electron chi connectivity index (χ1n) is 19.2. The average molecular weight is 766 g/mol. The number of para-hydroxylation sites is 2. The van der Waals surface area contributed by atoms with E-state index in [-0.39, 0.29) is 0 Å². The summed E-state index contributed by atoms with van der Waals surface area (Å²) in [5.41, 5.74) is 7.67. The summed E-state index contributed by atoms with van der Waals surface area (Å²) in [5.74, 6) is 2.98. The van der Waals surface area contributed by atoms with Crippen LogP contribution in [0.1, 0.15) is 0 Å². The zero-order chi connectivity index (χ0) is 39.4. The lowest BCUT2D eigenvalue weighted by atomic mass is 10.1. The van der Waals surface area contributed by atoms with Gasteiger partial charge in [0.1, 0.15) is 11.5 Å². The van der Waals surface area contributed by atoms with Crippen LogP contribution in [0.4, 0.5) is 34.1 Å². The van der Waals surface area contributed by atoms with Gasteiger partial charge in [0.05, 0.1) is 11.0 Å². The van der Waals surface area contributed by atoms with E-state index in [0.29, 0.717) is 29.2 Å². The summed E-state index contributed by atoms with van der Waals surface area (Å²) in [6.45, 7) is 0. The van der Waals surface area contributed by atoms with Crippen molar-refractivity contribution in [3.05, 3.63) is 213 Å². The molecule has 0 bridgehead atoms. The number of nitrogens with zero attached hydrogens (tertiary/aromatic N) is 7. The number of hydrogen-bond donors (Lipinski definition) is 0. The lowest BCUT2D eigenvalue weighted by Crippen LogP contribution is -2.10. The van der Waals surface area contributed by atoms with Crippen LogP contribution in [-0.2, 0) is 0 Å². The van der Waals surface area contributed by atoms with Gasteiger partial charge < -0.3 is 19.3 Å². The minimum absolute atomic E-state index is 0.528. The third-order valence-electron chi connectivity index (χ3n) is 9.90. The van der Waals surface area contributed by atoms with Gasteiger partial charge in [-0.15, -0.1) is 0 Å². The van der Waals surface area contributed by atoms with Gasteiger partial charge in [-0.05, 0) is 91.0 Å². The fourth-order valence-corrected chi connectivity index (χ4v) is 7.37. The van der Waals surface area contributed by atoms with Crippen LogP contribution < -0.4 is 19.3 Å². The smallest absolute Gasteiger partial charge is 0.234 e. The van der Waals surface area contributed by atoms with Crippen molar-refractivity contribution in [1.29, 1.82) is 0 Å². The fraction of sp³-hybridized carbons (Fsp3) is 0. The molecule has 282 valence electrons. The van der Waals surface area contributed by atoms with Crippen molar-refractivity contribution in [2.75, 3.05) is 9.80 Å². The lowest BCUT2D eigenvalue weighted by molar-refractivity contribution is 0.463. The van der Waals surface area contributed by atoms with E-state index in [1.54, 1.807) is 24.8 Å². The third kappa shape index (κ3) is 7.16. The Hall–Kier alpha value is -8.30. The fourth-order valence-electron chi connectivity index (χ4n) is 7.37. The maximum absolute atomic E-state index is 6.18. The Bertz CT molecular complexity index is 2820. The number of hydrogen-bond acceptors (Lipinski definition) is 8. The maximum Gasteiger partial charge on any atom is 0.234 e. The van der Waals surface area contributed by atoms with E-state index >= 15 is 0 Å². The molecule has 6 aromatic carbocycles. The van der Waals surface area contributed by atoms with E-state index in [9.17, 15) is 0 Å². The standard InChI is InChI=1S/C50H35N7O2/c1-3-14-36(15-4-1)55(38-18-11-20-42(32-38)58-48-22-7-9-28-51-48)40-24-26-44-45-27-25-41(35-47(45)57(46(44)34-40)50-53-30-13-31-54-50)56(37-16-5-2-6-17-37)39-19-12-21-43(33-39)59-49-23-8-10-29-52-49/h1-35H. The molecule has 0 fully saturated rings. The van der Waals surface area contributed by atoms with Crippen LogP contribution in [0.25, 0.3) is 27.8 Å². The van der Waals surface area contributed by atoms with Gasteiger partial charge in [-0.25, -0.2) is 19.9 Å². The Morgan fingerprint density at radius 2 is 0.763 bits per heavy atom. The summed E-state index contributed by atoms with van der Waals surface area (Å²) >= 11 is 0. The molecule has 4 heterocycles. The maximum atomic E-state index is 6.18. The summed E-state index contributed by atoms with van der Waals surface area (Å²) in [6, 6.07) is 62.9. The highest BCUT2D eigenvalue weighted by Gasteiger charge is 2.21. The number of pyridine rings is 2. The van der Waals surface area contributed by atoms with Crippen LogP contribution in [0.3, 0.4) is 0 Å². The van der Waals surface area contributed by atoms with Crippen molar-refractivity contribution in [2.45, 2.75) is 0 Å². The molecule has 0 aliphatic rings. The normalized spacial score (nSPS) is 11.1. The van der Waals surface area contributed by atoms with E-state index < -0.39 is 0 Å². The molecule has 0 saturated carbocycles. The average Bonchev–Trinajstić information content (AvgIpc) is 3.61. The van der Waals surface area contributed by atoms with Crippen molar-refractivity contribution in [2.24, 2.45) is 0 Å². The number of anilines is 6. The molecule has 9 heteroatoms. The van der Waals surface area contributed by atoms with Gasteiger partial charge >= 0.3 is 0 Å². The molecule has 0 radical (unpaired) electrons. The van der Waals surface area contributed by atoms with Crippen molar-refractivity contribution >= 4 is 55.9 Å². The minimum atomic E-state index is 0.528. The SMILES string of the molecule is c1ccc(N(c2cccc(Oc3ccccn3)c2)c2ccc3c4ccc(N(c5ccccc5)c5cccc(Oc6ccccn6)c5)cc4n(-c4ncccn4)c3c2)cc1. The zero-order valence-corrected chi connectivity index (χ0v) is 31.7. The summed E-state index contributed by atoms with van der Waals surface area (Å²) in [4.78, 5) is 22.8. The van der Waals surface area contributed by atoms with E-state index in [0.717, 1.165) is 55.9 Å². The van der Waals surface area contributed by atoms with Crippen LogP contribution in [0.2, 0.25) is 0 Å². The number of ether oxygens (including phenoxy) is 2. The van der Waals surface area contributed by atoms with E-state index in [4.69, 9.17) is 19.4 Å². The monoisotopic (exact) mass is 765 g/mol. The van der Waals surface area contributed by atoms with E-state index in [2.05, 4.69) is 97.1 Å². The van der Waals surface area contributed by atoms with Crippen LogP contribution >= 0.6 is 0 Å². The van der Waals surface area contributed by atoms with Crippen molar-refractivity contribution in [1.82, 2.24) is 24.5 Å². The molecule has 0 amide bonds. The van der Waals surface area contributed by atoms with Crippen LogP contribution in [0.5, 0.6) is 23.3 Å². The molecule has 10 rings (SSSR count). The Balaban J connectivity index is 1.13. The molecule has 0 atom stereocenters. The van der Waals surface area contributed by atoms with Gasteiger partial charge in [0, 0.05) is 93.9 Å². The zero-order valence-electron chi connectivity index (χ0n) is 31.7. The van der Waals surface area contributed by atoms with Gasteiger partial charge in [-0.3, -0.25) is 4.57 Å². The van der Waals surface area contributed by atoms with Crippen molar-refractivity contribution in [3.63, 3.8) is 0 Å². The summed E-state index contributed by atoms with van der Waals surface area (Å²) in [7, 11) is 0. The molecule has 0 unspecified atom stereocenters. The number of aromatic nitrogens is 5. The van der Waals surface area contributed by atoms with Gasteiger partial charge in [-0.2, -0.15) is 0 Å². The Kier molecular flexibility index (Phi) is 9.34. The molecule has 0 saturated heterocycles. The lowest BCUT2D eigenvalue weighted by Gasteiger charge is -2.26. The molecule has 0 spiro atoms. The Morgan fingerprint density at radius 3 is 1.22 bits per heavy atom. The molecular formula is C50H35N7O2. The Morgan fingerprint density at radius 1 is 0.339 bits per heavy atom. The second kappa shape index (κ2) is 15.7. The summed E-state index contributed by atoms with van der Waals surface area (Å²) in [6.07, 6.45) is 7.00. The van der Waals surface area contributed by atoms with Crippen molar-refractivity contribution in [3.8, 4) is 29.2 Å². The predicted molar refractivity (Wildman–Crippen MR) is 234 cm³/mol. The Labute approximate surface area is 340 Å². The first-order chi connectivity index (χ1) is 29.2. The molecule has 10 aromatic rings. The third-order valence-corrected chi connectivity index (χ3v) is 9.90. The second-order valence-corrected chi connectivity index (χ2v) is 13.7. The molecule has 4 aromatic heterocycles. The molecule has 0 aliphatic carbocycles. The number of fused-ring (bicyclic) bond motifs is 3. The minimum Gasteiger partial charge on any atom is -0.439 e. The highest BCUT2D eigenvalue weighted by Crippen LogP contribution is 2.43.